The molecule has 2 amide bonds. The molecule has 0 bridgehead atoms. The molecule has 0 N–H and O–H groups in total. The standard InChI is InChI=1S/C23H22N2O2S/c1-14-7-5-8-16(11-14)24-19(26)13-28-23(24)18-10-6-9-17-15(2)12-22(3,4)25(20(17)18)21(23)27/h5-12H,13H2,1-4H3. The van der Waals surface area contributed by atoms with Crippen LogP contribution in [0.15, 0.2) is 48.5 Å². The molecule has 1 fully saturated rings. The summed E-state index contributed by atoms with van der Waals surface area (Å²) in [6.45, 7) is 8.22. The lowest BCUT2D eigenvalue weighted by molar-refractivity contribution is -0.124. The van der Waals surface area contributed by atoms with Gasteiger partial charge in [-0.25, -0.2) is 0 Å². The van der Waals surface area contributed by atoms with Crippen molar-refractivity contribution in [1.29, 1.82) is 0 Å². The summed E-state index contributed by atoms with van der Waals surface area (Å²) in [5.74, 6) is 0.245. The van der Waals surface area contributed by atoms with Crippen LogP contribution in [-0.4, -0.2) is 23.1 Å². The Morgan fingerprint density at radius 2 is 1.75 bits per heavy atom. The number of anilines is 2. The van der Waals surface area contributed by atoms with Crippen molar-refractivity contribution in [2.24, 2.45) is 0 Å². The molecule has 3 aliphatic heterocycles. The monoisotopic (exact) mass is 390 g/mol. The van der Waals surface area contributed by atoms with E-state index in [0.29, 0.717) is 5.75 Å². The molecule has 1 atom stereocenters. The Labute approximate surface area is 169 Å². The summed E-state index contributed by atoms with van der Waals surface area (Å²) in [6.07, 6.45) is 2.15. The van der Waals surface area contributed by atoms with Crippen molar-refractivity contribution >= 4 is 40.5 Å². The average Bonchev–Trinajstić information content (AvgIpc) is 3.10. The van der Waals surface area contributed by atoms with Crippen molar-refractivity contribution < 1.29 is 9.59 Å². The van der Waals surface area contributed by atoms with Crippen molar-refractivity contribution in [3.8, 4) is 0 Å². The Kier molecular flexibility index (Phi) is 3.45. The van der Waals surface area contributed by atoms with Crippen LogP contribution in [0, 0.1) is 6.92 Å². The van der Waals surface area contributed by atoms with Crippen LogP contribution < -0.4 is 9.80 Å². The molecule has 4 nitrogen and oxygen atoms in total. The van der Waals surface area contributed by atoms with E-state index in [1.807, 2.05) is 48.2 Å². The lowest BCUT2D eigenvalue weighted by Crippen LogP contribution is -2.54. The van der Waals surface area contributed by atoms with Crippen LogP contribution in [-0.2, 0) is 14.5 Å². The van der Waals surface area contributed by atoms with Gasteiger partial charge in [0.15, 0.2) is 0 Å². The Bertz CT molecular complexity index is 1090. The number of thioether (sulfide) groups is 1. The number of allylic oxidation sites excluding steroid dienone is 1. The fraction of sp³-hybridized carbons (Fsp3) is 0.304. The second kappa shape index (κ2) is 5.51. The van der Waals surface area contributed by atoms with E-state index >= 15 is 0 Å². The highest BCUT2D eigenvalue weighted by Gasteiger charge is 2.63. The maximum atomic E-state index is 14.0. The average molecular weight is 391 g/mol. The number of fused-ring (bicyclic) bond motifs is 1. The number of hydrogen-bond donors (Lipinski definition) is 0. The molecule has 0 aliphatic carbocycles. The maximum Gasteiger partial charge on any atom is 0.269 e. The van der Waals surface area contributed by atoms with Crippen LogP contribution in [0.5, 0.6) is 0 Å². The van der Waals surface area contributed by atoms with Gasteiger partial charge < -0.3 is 0 Å². The van der Waals surface area contributed by atoms with Crippen molar-refractivity contribution in [2.75, 3.05) is 15.6 Å². The van der Waals surface area contributed by atoms with Gasteiger partial charge in [-0.2, -0.15) is 0 Å². The summed E-state index contributed by atoms with van der Waals surface area (Å²) in [6, 6.07) is 13.9. The molecule has 1 spiro atoms. The van der Waals surface area contributed by atoms with Gasteiger partial charge in [0.05, 0.1) is 17.0 Å². The Morgan fingerprint density at radius 1 is 1.00 bits per heavy atom. The Morgan fingerprint density at radius 3 is 2.50 bits per heavy atom. The van der Waals surface area contributed by atoms with Gasteiger partial charge in [0.1, 0.15) is 0 Å². The van der Waals surface area contributed by atoms with Crippen LogP contribution in [0.2, 0.25) is 0 Å². The minimum Gasteiger partial charge on any atom is -0.299 e. The molecule has 3 aliphatic rings. The predicted molar refractivity (Wildman–Crippen MR) is 114 cm³/mol. The highest BCUT2D eigenvalue weighted by atomic mass is 32.2. The highest BCUT2D eigenvalue weighted by molar-refractivity contribution is 8.02. The number of hydrogen-bond acceptors (Lipinski definition) is 3. The van der Waals surface area contributed by atoms with E-state index in [4.69, 9.17) is 0 Å². The van der Waals surface area contributed by atoms with Gasteiger partial charge in [0.25, 0.3) is 5.91 Å². The van der Waals surface area contributed by atoms with Crippen LogP contribution in [0.1, 0.15) is 37.5 Å². The first-order chi connectivity index (χ1) is 13.3. The van der Waals surface area contributed by atoms with Crippen molar-refractivity contribution in [2.45, 2.75) is 38.1 Å². The zero-order chi connectivity index (χ0) is 19.8. The third-order valence-corrected chi connectivity index (χ3v) is 7.30. The fourth-order valence-electron chi connectivity index (χ4n) is 4.89. The number of rotatable bonds is 1. The summed E-state index contributed by atoms with van der Waals surface area (Å²) in [5, 5.41) is 0. The molecule has 0 aromatic heterocycles. The van der Waals surface area contributed by atoms with Crippen LogP contribution in [0.3, 0.4) is 0 Å². The fourth-order valence-corrected chi connectivity index (χ4v) is 6.22. The molecule has 3 heterocycles. The lowest BCUT2D eigenvalue weighted by atomic mass is 9.89. The number of carbonyl (C=O) groups excluding carboxylic acids is 2. The molecule has 0 saturated carbocycles. The second-order valence-electron chi connectivity index (χ2n) is 8.32. The van der Waals surface area contributed by atoms with Gasteiger partial charge in [-0.05, 0) is 51.0 Å². The molecule has 28 heavy (non-hydrogen) atoms. The quantitative estimate of drug-likeness (QED) is 0.721. The largest absolute Gasteiger partial charge is 0.299 e. The number of benzene rings is 2. The molecule has 142 valence electrons. The van der Waals surface area contributed by atoms with Crippen molar-refractivity contribution in [3.05, 3.63) is 65.2 Å². The number of amides is 2. The predicted octanol–water partition coefficient (Wildman–Crippen LogP) is 4.47. The van der Waals surface area contributed by atoms with E-state index in [1.165, 1.54) is 17.3 Å². The molecule has 0 radical (unpaired) electrons. The summed E-state index contributed by atoms with van der Waals surface area (Å²) in [5.41, 5.74) is 5.52. The van der Waals surface area contributed by atoms with E-state index < -0.39 is 10.4 Å². The number of nitrogens with zero attached hydrogens (tertiary/aromatic N) is 2. The molecule has 5 heteroatoms. The Balaban J connectivity index is 1.81. The van der Waals surface area contributed by atoms with Gasteiger partial charge in [0.2, 0.25) is 10.8 Å². The zero-order valence-corrected chi connectivity index (χ0v) is 17.3. The number of para-hydroxylation sites is 1. The maximum absolute atomic E-state index is 14.0. The Hall–Kier alpha value is -2.53. The summed E-state index contributed by atoms with van der Waals surface area (Å²) >= 11 is 1.44. The van der Waals surface area contributed by atoms with E-state index in [2.05, 4.69) is 32.9 Å². The van der Waals surface area contributed by atoms with E-state index in [1.54, 1.807) is 4.90 Å². The minimum absolute atomic E-state index is 0.0242. The minimum atomic E-state index is -1.04. The topological polar surface area (TPSA) is 40.6 Å². The normalized spacial score (nSPS) is 24.8. The summed E-state index contributed by atoms with van der Waals surface area (Å²) in [4.78, 5) is 29.7. The van der Waals surface area contributed by atoms with Crippen molar-refractivity contribution in [3.63, 3.8) is 0 Å². The zero-order valence-electron chi connectivity index (χ0n) is 16.4. The van der Waals surface area contributed by atoms with Gasteiger partial charge in [0, 0.05) is 16.8 Å². The lowest BCUT2D eigenvalue weighted by Gasteiger charge is -2.40. The smallest absolute Gasteiger partial charge is 0.269 e. The number of aryl methyl sites for hydroxylation is 1. The molecular formula is C23H22N2O2S. The van der Waals surface area contributed by atoms with Gasteiger partial charge in [-0.3, -0.25) is 19.4 Å². The third-order valence-electron chi connectivity index (χ3n) is 5.92. The number of carbonyl (C=O) groups is 2. The van der Waals surface area contributed by atoms with Gasteiger partial charge in [-0.15, -0.1) is 11.8 Å². The first kappa shape index (κ1) is 17.6. The third kappa shape index (κ3) is 2.03. The van der Waals surface area contributed by atoms with Crippen LogP contribution >= 0.6 is 11.8 Å². The van der Waals surface area contributed by atoms with Gasteiger partial charge >= 0.3 is 0 Å². The van der Waals surface area contributed by atoms with Crippen LogP contribution in [0.4, 0.5) is 11.4 Å². The van der Waals surface area contributed by atoms with E-state index in [-0.39, 0.29) is 11.8 Å². The van der Waals surface area contributed by atoms with E-state index in [9.17, 15) is 9.59 Å². The first-order valence-corrected chi connectivity index (χ1v) is 10.5. The summed E-state index contributed by atoms with van der Waals surface area (Å²) < 4.78 is 0. The second-order valence-corrected chi connectivity index (χ2v) is 9.49. The van der Waals surface area contributed by atoms with Crippen LogP contribution in [0.25, 0.3) is 5.57 Å². The SMILES string of the molecule is CC1=CC(C)(C)N2C(=O)C3(SCC(=O)N3c3cccc(C)c3)c3cccc1c32. The van der Waals surface area contributed by atoms with Crippen molar-refractivity contribution in [1.82, 2.24) is 0 Å². The molecule has 1 saturated heterocycles. The van der Waals surface area contributed by atoms with Gasteiger partial charge in [-0.1, -0.05) is 36.4 Å². The molecule has 1 unspecified atom stereocenters. The van der Waals surface area contributed by atoms with E-state index in [0.717, 1.165) is 28.1 Å². The summed E-state index contributed by atoms with van der Waals surface area (Å²) in [7, 11) is 0. The molecule has 2 aromatic carbocycles. The molecular weight excluding hydrogens is 368 g/mol. The molecule has 5 rings (SSSR count). The highest BCUT2D eigenvalue weighted by Crippen LogP contribution is 2.59. The molecule has 2 aromatic rings. The first-order valence-electron chi connectivity index (χ1n) is 9.49.